The van der Waals surface area contributed by atoms with Gasteiger partial charge in [0.2, 0.25) is 0 Å². The summed E-state index contributed by atoms with van der Waals surface area (Å²) >= 11 is 0. The van der Waals surface area contributed by atoms with Gasteiger partial charge in [-0.1, -0.05) is 13.8 Å². The molecule has 2 N–H and O–H groups in total. The van der Waals surface area contributed by atoms with Crippen molar-refractivity contribution < 1.29 is 13.0 Å². The first-order valence-corrected chi connectivity index (χ1v) is 5.98. The van der Waals surface area contributed by atoms with Crippen molar-refractivity contribution in [1.82, 2.24) is 5.32 Å². The predicted octanol–water partition coefficient (Wildman–Crippen LogP) is 0.900. The Labute approximate surface area is 75.1 Å². The van der Waals surface area contributed by atoms with Crippen LogP contribution in [0.4, 0.5) is 0 Å². The van der Waals surface area contributed by atoms with Crippen LogP contribution in [0.3, 0.4) is 0 Å². The topological polar surface area (TPSA) is 66.4 Å². The fraction of sp³-hybridized carbons (Fsp3) is 1.00. The summed E-state index contributed by atoms with van der Waals surface area (Å²) in [6, 6.07) is 0. The van der Waals surface area contributed by atoms with Gasteiger partial charge < -0.3 is 5.32 Å². The molecule has 1 rings (SSSR count). The van der Waals surface area contributed by atoms with Crippen molar-refractivity contribution in [2.24, 2.45) is 0 Å². The molecule has 4 nitrogen and oxygen atoms in total. The molecule has 0 aromatic heterocycles. The van der Waals surface area contributed by atoms with Crippen LogP contribution < -0.4 is 5.32 Å². The minimum Gasteiger partial charge on any atom is -0.317 e. The molecule has 0 aromatic rings. The van der Waals surface area contributed by atoms with Gasteiger partial charge in [0.25, 0.3) is 10.1 Å². The van der Waals surface area contributed by atoms with E-state index in [0.29, 0.717) is 6.26 Å². The maximum absolute atomic E-state index is 9.19. The van der Waals surface area contributed by atoms with Crippen molar-refractivity contribution in [3.63, 3.8) is 0 Å². The summed E-state index contributed by atoms with van der Waals surface area (Å²) < 4.78 is 25.9. The monoisotopic (exact) mass is 197 g/mol. The van der Waals surface area contributed by atoms with E-state index in [1.54, 1.807) is 0 Å². The van der Waals surface area contributed by atoms with E-state index in [2.05, 4.69) is 5.32 Å². The summed E-state index contributed by atoms with van der Waals surface area (Å²) in [5, 5.41) is 3.22. The number of nitrogens with one attached hydrogen (secondary N) is 1. The molecule has 1 aliphatic rings. The number of rotatable bonds is 0. The SMILES string of the molecule is C1CCNC1.CC.CS(=O)(=O)O. The third kappa shape index (κ3) is 32.7. The third-order valence-corrected chi connectivity index (χ3v) is 0.957. The highest BCUT2D eigenvalue weighted by atomic mass is 32.2. The molecular formula is C7H19NO3S. The van der Waals surface area contributed by atoms with Crippen molar-refractivity contribution in [2.45, 2.75) is 26.7 Å². The molecule has 0 atom stereocenters. The maximum Gasteiger partial charge on any atom is 0.261 e. The third-order valence-electron chi connectivity index (χ3n) is 0.957. The molecular weight excluding hydrogens is 178 g/mol. The number of hydrogen-bond acceptors (Lipinski definition) is 3. The average molecular weight is 197 g/mol. The van der Waals surface area contributed by atoms with Crippen LogP contribution in [-0.4, -0.2) is 32.3 Å². The van der Waals surface area contributed by atoms with Gasteiger partial charge in [0.1, 0.15) is 0 Å². The van der Waals surface area contributed by atoms with Crippen LogP contribution in [0.5, 0.6) is 0 Å². The largest absolute Gasteiger partial charge is 0.317 e. The van der Waals surface area contributed by atoms with Gasteiger partial charge in [-0.3, -0.25) is 4.55 Å². The summed E-state index contributed by atoms with van der Waals surface area (Å²) in [6.07, 6.45) is 3.49. The standard InChI is InChI=1S/C4H9N.C2H6.CH4O3S/c1-2-4-5-3-1;1-2;1-5(2,3)4/h5H,1-4H2;1-2H3;1H3,(H,2,3,4). The van der Waals surface area contributed by atoms with E-state index in [1.807, 2.05) is 13.8 Å². The molecule has 12 heavy (non-hydrogen) atoms. The Kier molecular flexibility index (Phi) is 10.8. The molecule has 0 radical (unpaired) electrons. The Morgan fingerprint density at radius 3 is 1.50 bits per heavy atom. The van der Waals surface area contributed by atoms with Crippen molar-refractivity contribution in [3.8, 4) is 0 Å². The normalized spacial score (nSPS) is 15.3. The summed E-state index contributed by atoms with van der Waals surface area (Å²) in [4.78, 5) is 0. The van der Waals surface area contributed by atoms with Crippen LogP contribution in [0.15, 0.2) is 0 Å². The van der Waals surface area contributed by atoms with E-state index in [4.69, 9.17) is 4.55 Å². The van der Waals surface area contributed by atoms with E-state index >= 15 is 0 Å². The minimum atomic E-state index is -3.67. The summed E-state index contributed by atoms with van der Waals surface area (Å²) in [6.45, 7) is 6.50. The van der Waals surface area contributed by atoms with E-state index < -0.39 is 10.1 Å². The number of hydrogen-bond donors (Lipinski definition) is 2. The second-order valence-electron chi connectivity index (χ2n) is 2.19. The van der Waals surface area contributed by atoms with Crippen molar-refractivity contribution in [1.29, 1.82) is 0 Å². The second-order valence-corrected chi connectivity index (χ2v) is 3.66. The van der Waals surface area contributed by atoms with Crippen LogP contribution in [0.25, 0.3) is 0 Å². The summed E-state index contributed by atoms with van der Waals surface area (Å²) in [5.74, 6) is 0. The van der Waals surface area contributed by atoms with Gasteiger partial charge in [0.15, 0.2) is 0 Å². The van der Waals surface area contributed by atoms with Crippen LogP contribution in [-0.2, 0) is 10.1 Å². The Bertz CT molecular complexity index is 146. The molecule has 0 aromatic carbocycles. The fourth-order valence-electron chi connectivity index (χ4n) is 0.625. The fourth-order valence-corrected chi connectivity index (χ4v) is 0.625. The molecule has 0 amide bonds. The van der Waals surface area contributed by atoms with Crippen molar-refractivity contribution >= 4 is 10.1 Å². The van der Waals surface area contributed by atoms with Crippen LogP contribution in [0.2, 0.25) is 0 Å². The minimum absolute atomic E-state index is 0.715. The molecule has 5 heteroatoms. The van der Waals surface area contributed by atoms with Gasteiger partial charge >= 0.3 is 0 Å². The van der Waals surface area contributed by atoms with Gasteiger partial charge in [-0.25, -0.2) is 0 Å². The molecule has 1 aliphatic heterocycles. The lowest BCUT2D eigenvalue weighted by molar-refractivity contribution is 0.490. The molecule has 76 valence electrons. The zero-order valence-corrected chi connectivity index (χ0v) is 8.82. The van der Waals surface area contributed by atoms with Gasteiger partial charge in [0, 0.05) is 0 Å². The van der Waals surface area contributed by atoms with E-state index in [-0.39, 0.29) is 0 Å². The Balaban J connectivity index is 0. The van der Waals surface area contributed by atoms with E-state index in [0.717, 1.165) is 0 Å². The molecule has 0 aliphatic carbocycles. The van der Waals surface area contributed by atoms with Gasteiger partial charge in [-0.15, -0.1) is 0 Å². The molecule has 1 heterocycles. The first-order chi connectivity index (χ1) is 5.50. The zero-order chi connectivity index (χ0) is 10.0. The Morgan fingerprint density at radius 2 is 1.42 bits per heavy atom. The summed E-state index contributed by atoms with van der Waals surface area (Å²) in [7, 11) is -3.67. The van der Waals surface area contributed by atoms with Gasteiger partial charge in [-0.2, -0.15) is 8.42 Å². The van der Waals surface area contributed by atoms with Crippen LogP contribution >= 0.6 is 0 Å². The van der Waals surface area contributed by atoms with Gasteiger partial charge in [0.05, 0.1) is 6.26 Å². The second kappa shape index (κ2) is 8.96. The average Bonchev–Trinajstić information content (AvgIpc) is 2.41. The Morgan fingerprint density at radius 1 is 1.17 bits per heavy atom. The lowest BCUT2D eigenvalue weighted by Crippen LogP contribution is -2.03. The highest BCUT2D eigenvalue weighted by molar-refractivity contribution is 7.85. The van der Waals surface area contributed by atoms with Crippen molar-refractivity contribution in [3.05, 3.63) is 0 Å². The highest BCUT2D eigenvalue weighted by Gasteiger charge is 1.93. The zero-order valence-electron chi connectivity index (χ0n) is 8.00. The summed E-state index contributed by atoms with van der Waals surface area (Å²) in [5.41, 5.74) is 0. The molecule has 0 unspecified atom stereocenters. The molecule has 0 spiro atoms. The van der Waals surface area contributed by atoms with E-state index in [9.17, 15) is 8.42 Å². The molecule has 0 saturated carbocycles. The predicted molar refractivity (Wildman–Crippen MR) is 50.9 cm³/mol. The van der Waals surface area contributed by atoms with Gasteiger partial charge in [-0.05, 0) is 25.9 Å². The smallest absolute Gasteiger partial charge is 0.261 e. The molecule has 1 fully saturated rings. The lowest BCUT2D eigenvalue weighted by atomic mass is 10.4. The maximum atomic E-state index is 9.19. The van der Waals surface area contributed by atoms with E-state index in [1.165, 1.54) is 25.9 Å². The first kappa shape index (κ1) is 14.4. The molecule has 1 saturated heterocycles. The quantitative estimate of drug-likeness (QED) is 0.566. The highest BCUT2D eigenvalue weighted by Crippen LogP contribution is 1.90. The first-order valence-electron chi connectivity index (χ1n) is 4.13. The molecule has 0 bridgehead atoms. The lowest BCUT2D eigenvalue weighted by Gasteiger charge is -1.76. The van der Waals surface area contributed by atoms with Crippen molar-refractivity contribution in [2.75, 3.05) is 19.3 Å². The van der Waals surface area contributed by atoms with Crippen LogP contribution in [0.1, 0.15) is 26.7 Å². The van der Waals surface area contributed by atoms with Crippen LogP contribution in [0, 0.1) is 0 Å². The Hall–Kier alpha value is -0.130.